The highest BCUT2D eigenvalue weighted by atomic mass is 35.5. The molecule has 0 bridgehead atoms. The lowest BCUT2D eigenvalue weighted by atomic mass is 10.2. The van der Waals surface area contributed by atoms with E-state index in [0.717, 1.165) is 22.5 Å². The second-order valence-corrected chi connectivity index (χ2v) is 5.17. The lowest BCUT2D eigenvalue weighted by Crippen LogP contribution is -2.22. The minimum Gasteiger partial charge on any atom is -0.376 e. The van der Waals surface area contributed by atoms with Crippen molar-refractivity contribution in [2.75, 3.05) is 17.2 Å². The van der Waals surface area contributed by atoms with Gasteiger partial charge < -0.3 is 10.6 Å². The minimum absolute atomic E-state index is 0.100. The molecule has 2 rings (SSSR count). The Hall–Kier alpha value is -2.00. The molecule has 0 atom stereocenters. The van der Waals surface area contributed by atoms with Gasteiger partial charge in [-0.3, -0.25) is 4.79 Å². The number of amides is 1. The van der Waals surface area contributed by atoms with Gasteiger partial charge in [-0.05, 0) is 49.2 Å². The molecule has 0 radical (unpaired) electrons. The molecular formula is C16H17ClN2O. The van der Waals surface area contributed by atoms with Crippen LogP contribution in [0.15, 0.2) is 42.5 Å². The van der Waals surface area contributed by atoms with Crippen LogP contribution in [0.4, 0.5) is 11.4 Å². The molecule has 0 fully saturated rings. The first-order valence-electron chi connectivity index (χ1n) is 6.41. The molecule has 20 heavy (non-hydrogen) atoms. The fourth-order valence-electron chi connectivity index (χ4n) is 1.86. The molecule has 0 unspecified atom stereocenters. The van der Waals surface area contributed by atoms with Crippen molar-refractivity contribution in [1.29, 1.82) is 0 Å². The molecule has 0 spiro atoms. The highest BCUT2D eigenvalue weighted by molar-refractivity contribution is 6.31. The predicted molar refractivity (Wildman–Crippen MR) is 84.5 cm³/mol. The molecule has 2 aromatic carbocycles. The third-order valence-corrected chi connectivity index (χ3v) is 3.18. The van der Waals surface area contributed by atoms with E-state index in [9.17, 15) is 4.79 Å². The van der Waals surface area contributed by atoms with Crippen LogP contribution in [-0.2, 0) is 4.79 Å². The Labute approximate surface area is 124 Å². The van der Waals surface area contributed by atoms with Crippen molar-refractivity contribution in [2.24, 2.45) is 0 Å². The van der Waals surface area contributed by atoms with Crippen LogP contribution in [0.5, 0.6) is 0 Å². The van der Waals surface area contributed by atoms with Crippen LogP contribution in [0.3, 0.4) is 0 Å². The van der Waals surface area contributed by atoms with Gasteiger partial charge in [0.15, 0.2) is 0 Å². The zero-order valence-corrected chi connectivity index (χ0v) is 12.3. The summed E-state index contributed by atoms with van der Waals surface area (Å²) in [5.74, 6) is -0.100. The van der Waals surface area contributed by atoms with Crippen molar-refractivity contribution >= 4 is 28.9 Å². The molecule has 4 heteroatoms. The Morgan fingerprint density at radius 3 is 2.70 bits per heavy atom. The second-order valence-electron chi connectivity index (χ2n) is 4.73. The van der Waals surface area contributed by atoms with Crippen molar-refractivity contribution in [3.8, 4) is 0 Å². The Bertz CT molecular complexity index is 626. The molecule has 104 valence electrons. The fraction of sp³-hybridized carbons (Fsp3) is 0.188. The summed E-state index contributed by atoms with van der Waals surface area (Å²) in [5, 5.41) is 6.55. The standard InChI is InChI=1S/C16H17ClN2O/c1-11-4-3-5-14(8-11)18-10-16(20)19-15-9-13(17)7-6-12(15)2/h3-9,18H,10H2,1-2H3,(H,19,20). The summed E-state index contributed by atoms with van der Waals surface area (Å²) >= 11 is 5.92. The van der Waals surface area contributed by atoms with E-state index in [1.807, 2.05) is 44.2 Å². The lowest BCUT2D eigenvalue weighted by Gasteiger charge is -2.10. The Kier molecular flexibility index (Phi) is 4.64. The predicted octanol–water partition coefficient (Wildman–Crippen LogP) is 4.01. The van der Waals surface area contributed by atoms with Crippen LogP contribution in [0.2, 0.25) is 5.02 Å². The van der Waals surface area contributed by atoms with Crippen LogP contribution in [0.1, 0.15) is 11.1 Å². The average molecular weight is 289 g/mol. The minimum atomic E-state index is -0.100. The van der Waals surface area contributed by atoms with Crippen LogP contribution >= 0.6 is 11.6 Å². The van der Waals surface area contributed by atoms with Crippen molar-refractivity contribution in [2.45, 2.75) is 13.8 Å². The number of benzene rings is 2. The normalized spacial score (nSPS) is 10.2. The van der Waals surface area contributed by atoms with E-state index >= 15 is 0 Å². The summed E-state index contributed by atoms with van der Waals surface area (Å²) in [6.45, 7) is 4.16. The molecule has 2 aromatic rings. The second kappa shape index (κ2) is 6.44. The van der Waals surface area contributed by atoms with E-state index in [1.165, 1.54) is 0 Å². The van der Waals surface area contributed by atoms with Gasteiger partial charge in [-0.15, -0.1) is 0 Å². The zero-order chi connectivity index (χ0) is 14.5. The molecular weight excluding hydrogens is 272 g/mol. The molecule has 2 N–H and O–H groups in total. The summed E-state index contributed by atoms with van der Waals surface area (Å²) in [4.78, 5) is 11.9. The van der Waals surface area contributed by atoms with Gasteiger partial charge in [0.2, 0.25) is 5.91 Å². The number of anilines is 2. The molecule has 0 saturated heterocycles. The van der Waals surface area contributed by atoms with Gasteiger partial charge >= 0.3 is 0 Å². The molecule has 0 saturated carbocycles. The van der Waals surface area contributed by atoms with Gasteiger partial charge in [0.1, 0.15) is 0 Å². The van der Waals surface area contributed by atoms with Gasteiger partial charge in [0.05, 0.1) is 6.54 Å². The first kappa shape index (κ1) is 14.4. The van der Waals surface area contributed by atoms with E-state index in [4.69, 9.17) is 11.6 Å². The SMILES string of the molecule is Cc1cccc(NCC(=O)Nc2cc(Cl)ccc2C)c1. The van der Waals surface area contributed by atoms with Crippen LogP contribution in [0.25, 0.3) is 0 Å². The number of nitrogens with one attached hydrogen (secondary N) is 2. The van der Waals surface area contributed by atoms with Gasteiger partial charge in [-0.25, -0.2) is 0 Å². The third kappa shape index (κ3) is 4.00. The summed E-state index contributed by atoms with van der Waals surface area (Å²) in [7, 11) is 0. The molecule has 0 aliphatic heterocycles. The molecule has 0 aliphatic carbocycles. The molecule has 0 aliphatic rings. The van der Waals surface area contributed by atoms with Crippen LogP contribution < -0.4 is 10.6 Å². The van der Waals surface area contributed by atoms with Crippen LogP contribution in [0, 0.1) is 13.8 Å². The number of hydrogen-bond donors (Lipinski definition) is 2. The summed E-state index contributed by atoms with van der Waals surface area (Å²) in [6, 6.07) is 13.3. The summed E-state index contributed by atoms with van der Waals surface area (Å²) < 4.78 is 0. The zero-order valence-electron chi connectivity index (χ0n) is 11.5. The third-order valence-electron chi connectivity index (χ3n) is 2.94. The maximum atomic E-state index is 11.9. The van der Waals surface area contributed by atoms with Crippen LogP contribution in [-0.4, -0.2) is 12.5 Å². The van der Waals surface area contributed by atoms with E-state index in [2.05, 4.69) is 10.6 Å². The summed E-state index contributed by atoms with van der Waals surface area (Å²) in [5.41, 5.74) is 3.82. The Morgan fingerprint density at radius 1 is 1.15 bits per heavy atom. The van der Waals surface area contributed by atoms with Crippen molar-refractivity contribution in [3.05, 3.63) is 58.6 Å². The molecule has 0 heterocycles. The highest BCUT2D eigenvalue weighted by Gasteiger charge is 2.05. The van der Waals surface area contributed by atoms with Gasteiger partial charge in [0, 0.05) is 16.4 Å². The number of rotatable bonds is 4. The Balaban J connectivity index is 1.94. The number of carbonyl (C=O) groups excluding carboxylic acids is 1. The van der Waals surface area contributed by atoms with Crippen molar-refractivity contribution < 1.29 is 4.79 Å². The maximum absolute atomic E-state index is 11.9. The van der Waals surface area contributed by atoms with Gasteiger partial charge in [-0.2, -0.15) is 0 Å². The maximum Gasteiger partial charge on any atom is 0.243 e. The molecule has 1 amide bonds. The topological polar surface area (TPSA) is 41.1 Å². The summed E-state index contributed by atoms with van der Waals surface area (Å²) in [6.07, 6.45) is 0. The fourth-order valence-corrected chi connectivity index (χ4v) is 2.03. The van der Waals surface area contributed by atoms with E-state index in [-0.39, 0.29) is 12.5 Å². The number of aryl methyl sites for hydroxylation is 2. The van der Waals surface area contributed by atoms with Gasteiger partial charge in [0.25, 0.3) is 0 Å². The first-order valence-corrected chi connectivity index (χ1v) is 6.79. The quantitative estimate of drug-likeness (QED) is 0.892. The molecule has 0 aromatic heterocycles. The monoisotopic (exact) mass is 288 g/mol. The number of halogens is 1. The number of carbonyl (C=O) groups is 1. The van der Waals surface area contributed by atoms with E-state index < -0.39 is 0 Å². The highest BCUT2D eigenvalue weighted by Crippen LogP contribution is 2.20. The first-order chi connectivity index (χ1) is 9.54. The van der Waals surface area contributed by atoms with Gasteiger partial charge in [-0.1, -0.05) is 29.8 Å². The van der Waals surface area contributed by atoms with Crippen molar-refractivity contribution in [1.82, 2.24) is 0 Å². The largest absolute Gasteiger partial charge is 0.376 e. The van der Waals surface area contributed by atoms with E-state index in [1.54, 1.807) is 12.1 Å². The lowest BCUT2D eigenvalue weighted by molar-refractivity contribution is -0.114. The number of hydrogen-bond acceptors (Lipinski definition) is 2. The smallest absolute Gasteiger partial charge is 0.243 e. The van der Waals surface area contributed by atoms with Crippen molar-refractivity contribution in [3.63, 3.8) is 0 Å². The van der Waals surface area contributed by atoms with E-state index in [0.29, 0.717) is 5.02 Å². The average Bonchev–Trinajstić information content (AvgIpc) is 2.41. The Morgan fingerprint density at radius 2 is 1.95 bits per heavy atom. The molecule has 3 nitrogen and oxygen atoms in total.